The molecular weight excluding hydrogens is 258 g/mol. The van der Waals surface area contributed by atoms with E-state index in [9.17, 15) is 25.0 Å². The first kappa shape index (κ1) is 14.5. The molecule has 0 aromatic heterocycles. The van der Waals surface area contributed by atoms with E-state index in [-0.39, 0.29) is 24.3 Å². The number of aliphatic hydroxyl groups is 1. The highest BCUT2D eigenvalue weighted by atomic mass is 16.6. The molecule has 0 unspecified atom stereocenters. The van der Waals surface area contributed by atoms with Crippen LogP contribution in [0.1, 0.15) is 15.9 Å². The third-order valence-corrected chi connectivity index (χ3v) is 2.41. The second kappa shape index (κ2) is 5.87. The molecule has 0 aliphatic carbocycles. The zero-order chi connectivity index (χ0) is 14.6. The summed E-state index contributed by atoms with van der Waals surface area (Å²) in [5.41, 5.74) is -1.31. The Morgan fingerprint density at radius 3 is 2.11 bits per heavy atom. The largest absolute Gasteiger partial charge is 0.395 e. The molecule has 0 heterocycles. The number of carbonyl (C=O) groups excluding carboxylic acids is 1. The van der Waals surface area contributed by atoms with Crippen LogP contribution in [0.4, 0.5) is 11.4 Å². The molecule has 0 atom stereocenters. The summed E-state index contributed by atoms with van der Waals surface area (Å²) in [7, 11) is 0. The lowest BCUT2D eigenvalue weighted by molar-refractivity contribution is -0.395. The van der Waals surface area contributed by atoms with Crippen molar-refractivity contribution in [3.05, 3.63) is 43.5 Å². The molecule has 1 rings (SSSR count). The lowest BCUT2D eigenvalue weighted by Crippen LogP contribution is -2.26. The number of aliphatic hydroxyl groups excluding tert-OH is 1. The van der Waals surface area contributed by atoms with Gasteiger partial charge in [0.1, 0.15) is 5.56 Å². The Morgan fingerprint density at radius 1 is 1.26 bits per heavy atom. The van der Waals surface area contributed by atoms with Gasteiger partial charge in [0, 0.05) is 18.7 Å². The minimum Gasteiger partial charge on any atom is -0.395 e. The van der Waals surface area contributed by atoms with Crippen molar-refractivity contribution in [2.24, 2.45) is 0 Å². The monoisotopic (exact) mass is 269 g/mol. The van der Waals surface area contributed by atoms with Gasteiger partial charge in [-0.05, 0) is 6.92 Å². The van der Waals surface area contributed by atoms with E-state index in [1.165, 1.54) is 6.92 Å². The Kier molecular flexibility index (Phi) is 4.48. The first-order chi connectivity index (χ1) is 8.88. The van der Waals surface area contributed by atoms with Crippen LogP contribution in [-0.2, 0) is 0 Å². The van der Waals surface area contributed by atoms with Gasteiger partial charge in [0.05, 0.1) is 22.0 Å². The Morgan fingerprint density at radius 2 is 1.74 bits per heavy atom. The number of carbonyl (C=O) groups is 1. The molecule has 9 nitrogen and oxygen atoms in total. The van der Waals surface area contributed by atoms with Gasteiger partial charge in [0.15, 0.2) is 0 Å². The van der Waals surface area contributed by atoms with E-state index >= 15 is 0 Å². The number of nitrogens with zero attached hydrogens (tertiary/aromatic N) is 2. The van der Waals surface area contributed by atoms with Crippen molar-refractivity contribution in [2.45, 2.75) is 6.92 Å². The zero-order valence-corrected chi connectivity index (χ0v) is 9.95. The van der Waals surface area contributed by atoms with Crippen molar-refractivity contribution in [1.82, 2.24) is 5.32 Å². The Balaban J connectivity index is 3.30. The highest BCUT2D eigenvalue weighted by molar-refractivity contribution is 5.96. The third kappa shape index (κ3) is 3.22. The second-order valence-corrected chi connectivity index (χ2v) is 3.63. The molecule has 0 spiro atoms. The predicted octanol–water partition coefficient (Wildman–Crippen LogP) is 0.534. The number of benzene rings is 1. The van der Waals surface area contributed by atoms with Crippen molar-refractivity contribution < 1.29 is 19.7 Å². The Bertz CT molecular complexity index is 507. The van der Waals surface area contributed by atoms with Crippen molar-refractivity contribution in [3.63, 3.8) is 0 Å². The molecule has 0 aliphatic rings. The zero-order valence-electron chi connectivity index (χ0n) is 9.95. The van der Waals surface area contributed by atoms with Crippen molar-refractivity contribution in [1.29, 1.82) is 0 Å². The quantitative estimate of drug-likeness (QED) is 0.591. The number of nitro groups is 2. The van der Waals surface area contributed by atoms with Crippen LogP contribution in [0.5, 0.6) is 0 Å². The van der Waals surface area contributed by atoms with Gasteiger partial charge in [-0.2, -0.15) is 0 Å². The van der Waals surface area contributed by atoms with E-state index in [1.807, 2.05) is 0 Å². The van der Waals surface area contributed by atoms with E-state index in [1.54, 1.807) is 0 Å². The fraction of sp³-hybridized carbons (Fsp3) is 0.300. The molecule has 2 N–H and O–H groups in total. The van der Waals surface area contributed by atoms with Crippen molar-refractivity contribution in [3.8, 4) is 0 Å². The molecule has 1 amide bonds. The second-order valence-electron chi connectivity index (χ2n) is 3.63. The summed E-state index contributed by atoms with van der Waals surface area (Å²) in [6, 6.07) is 1.93. The highest BCUT2D eigenvalue weighted by Crippen LogP contribution is 2.29. The van der Waals surface area contributed by atoms with Gasteiger partial charge in [-0.25, -0.2) is 0 Å². The fourth-order valence-corrected chi connectivity index (χ4v) is 1.47. The average Bonchev–Trinajstić information content (AvgIpc) is 2.35. The molecule has 0 aliphatic heterocycles. The van der Waals surface area contributed by atoms with Crippen LogP contribution < -0.4 is 5.32 Å². The summed E-state index contributed by atoms with van der Waals surface area (Å²) >= 11 is 0. The van der Waals surface area contributed by atoms with E-state index in [0.29, 0.717) is 0 Å². The van der Waals surface area contributed by atoms with E-state index < -0.39 is 27.1 Å². The minimum atomic E-state index is -0.787. The van der Waals surface area contributed by atoms with E-state index in [0.717, 1.165) is 12.1 Å². The smallest absolute Gasteiger partial charge is 0.279 e. The van der Waals surface area contributed by atoms with Gasteiger partial charge >= 0.3 is 0 Å². The molecule has 0 bridgehead atoms. The number of amides is 1. The molecule has 9 heteroatoms. The van der Waals surface area contributed by atoms with E-state index in [4.69, 9.17) is 5.11 Å². The molecule has 0 saturated carbocycles. The minimum absolute atomic E-state index is 0.0473. The van der Waals surface area contributed by atoms with Crippen LogP contribution >= 0.6 is 0 Å². The molecular formula is C10H11N3O6. The summed E-state index contributed by atoms with van der Waals surface area (Å²) in [5, 5.41) is 32.4. The molecule has 0 fully saturated rings. The number of hydrogen-bond donors (Lipinski definition) is 2. The normalized spacial score (nSPS) is 10.0. The molecule has 1 aromatic rings. The Labute approximate surface area is 107 Å². The molecule has 1 aromatic carbocycles. The first-order valence-corrected chi connectivity index (χ1v) is 5.21. The van der Waals surface area contributed by atoms with Gasteiger partial charge in [-0.15, -0.1) is 0 Å². The molecule has 0 saturated heterocycles. The summed E-state index contributed by atoms with van der Waals surface area (Å²) < 4.78 is 0. The van der Waals surface area contributed by atoms with Gasteiger partial charge in [0.2, 0.25) is 0 Å². The van der Waals surface area contributed by atoms with Gasteiger partial charge in [-0.3, -0.25) is 25.0 Å². The Hall–Kier alpha value is -2.55. The summed E-state index contributed by atoms with van der Waals surface area (Å²) in [6.45, 7) is 0.891. The van der Waals surface area contributed by atoms with Crippen molar-refractivity contribution >= 4 is 17.3 Å². The van der Waals surface area contributed by atoms with Crippen LogP contribution in [0.15, 0.2) is 12.1 Å². The molecule has 0 radical (unpaired) electrons. The first-order valence-electron chi connectivity index (χ1n) is 5.21. The molecule has 19 heavy (non-hydrogen) atoms. The predicted molar refractivity (Wildman–Crippen MR) is 63.9 cm³/mol. The van der Waals surface area contributed by atoms with Gasteiger partial charge in [-0.1, -0.05) is 0 Å². The number of rotatable bonds is 5. The average molecular weight is 269 g/mol. The fourth-order valence-electron chi connectivity index (χ4n) is 1.47. The van der Waals surface area contributed by atoms with E-state index in [2.05, 4.69) is 5.32 Å². The standard InChI is InChI=1S/C10H11N3O6/c1-6-8(12(16)17)4-7(5-9(6)13(18)19)10(15)11-2-3-14/h4-5,14H,2-3H2,1H3,(H,11,15). The maximum Gasteiger partial charge on any atom is 0.279 e. The van der Waals surface area contributed by atoms with Crippen LogP contribution in [0.25, 0.3) is 0 Å². The SMILES string of the molecule is Cc1c([N+](=O)[O-])cc(C(=O)NCCO)cc1[N+](=O)[O-]. The number of hydrogen-bond acceptors (Lipinski definition) is 6. The summed E-state index contributed by atoms with van der Waals surface area (Å²) in [5.74, 6) is -0.722. The number of nitro benzene ring substituents is 2. The lowest BCUT2D eigenvalue weighted by Gasteiger charge is -2.05. The topological polar surface area (TPSA) is 136 Å². The number of nitrogens with one attached hydrogen (secondary N) is 1. The maximum atomic E-state index is 11.6. The maximum absolute atomic E-state index is 11.6. The van der Waals surface area contributed by atoms with Crippen molar-refractivity contribution in [2.75, 3.05) is 13.2 Å². The highest BCUT2D eigenvalue weighted by Gasteiger charge is 2.25. The van der Waals surface area contributed by atoms with Crippen LogP contribution in [0.2, 0.25) is 0 Å². The van der Waals surface area contributed by atoms with Crippen LogP contribution in [-0.4, -0.2) is 34.0 Å². The van der Waals surface area contributed by atoms with Crippen LogP contribution in [0.3, 0.4) is 0 Å². The van der Waals surface area contributed by atoms with Crippen LogP contribution in [0, 0.1) is 27.2 Å². The summed E-state index contributed by atoms with van der Waals surface area (Å²) in [6.07, 6.45) is 0. The third-order valence-electron chi connectivity index (χ3n) is 2.41. The van der Waals surface area contributed by atoms with Gasteiger partial charge < -0.3 is 10.4 Å². The lowest BCUT2D eigenvalue weighted by atomic mass is 10.1. The molecule has 102 valence electrons. The summed E-state index contributed by atoms with van der Waals surface area (Å²) in [4.78, 5) is 31.6. The van der Waals surface area contributed by atoms with Gasteiger partial charge in [0.25, 0.3) is 17.3 Å².